The monoisotopic (exact) mass is 377 g/mol. The molecular weight excluding hydrogens is 357 g/mol. The Balaban J connectivity index is 1.63. The van der Waals surface area contributed by atoms with Crippen LogP contribution in [0.3, 0.4) is 0 Å². The summed E-state index contributed by atoms with van der Waals surface area (Å²) in [5, 5.41) is 0. The molecule has 28 heavy (non-hydrogen) atoms. The average molecular weight is 377 g/mol. The summed E-state index contributed by atoms with van der Waals surface area (Å²) in [5.41, 5.74) is 10.0. The number of hydrogen-bond donors (Lipinski definition) is 1. The summed E-state index contributed by atoms with van der Waals surface area (Å²) in [6.07, 6.45) is 3.14. The first-order chi connectivity index (χ1) is 13.6. The van der Waals surface area contributed by atoms with Crippen molar-refractivity contribution in [2.24, 2.45) is 5.73 Å². The standard InChI is InChI=1S/C22H20FN3O2/c1-28-20-12-14(5-6-18(20)23)11-15-7-9-25-21(13-15)26-10-8-16-17(22(24)27)3-2-4-19(16)26/h2-7,9,12-13H,8,10-11H2,1H3,(H2,24,27). The van der Waals surface area contributed by atoms with Gasteiger partial charge in [0.05, 0.1) is 7.11 Å². The number of halogens is 1. The largest absolute Gasteiger partial charge is 0.494 e. The fourth-order valence-corrected chi connectivity index (χ4v) is 3.67. The van der Waals surface area contributed by atoms with Crippen molar-refractivity contribution in [3.05, 3.63) is 82.8 Å². The van der Waals surface area contributed by atoms with Crippen LogP contribution in [-0.4, -0.2) is 24.5 Å². The maximum Gasteiger partial charge on any atom is 0.249 e. The van der Waals surface area contributed by atoms with Crippen LogP contribution in [0, 0.1) is 5.82 Å². The van der Waals surface area contributed by atoms with E-state index in [9.17, 15) is 9.18 Å². The molecule has 0 aliphatic carbocycles. The molecule has 2 aromatic carbocycles. The molecule has 4 rings (SSSR count). The molecule has 0 saturated heterocycles. The maximum absolute atomic E-state index is 13.6. The number of hydrogen-bond acceptors (Lipinski definition) is 4. The molecule has 142 valence electrons. The van der Waals surface area contributed by atoms with Gasteiger partial charge in [-0.15, -0.1) is 0 Å². The van der Waals surface area contributed by atoms with Crippen molar-refractivity contribution in [1.82, 2.24) is 4.98 Å². The van der Waals surface area contributed by atoms with Crippen molar-refractivity contribution >= 4 is 17.4 Å². The lowest BCUT2D eigenvalue weighted by Crippen LogP contribution is -2.15. The van der Waals surface area contributed by atoms with Gasteiger partial charge in [-0.2, -0.15) is 0 Å². The molecule has 0 fully saturated rings. The molecule has 0 unspecified atom stereocenters. The number of ether oxygens (including phenoxy) is 1. The molecule has 0 saturated carbocycles. The summed E-state index contributed by atoms with van der Waals surface area (Å²) in [5.74, 6) is 0.262. The Kier molecular flexibility index (Phi) is 4.69. The van der Waals surface area contributed by atoms with Gasteiger partial charge in [0.25, 0.3) is 0 Å². The van der Waals surface area contributed by atoms with Gasteiger partial charge in [-0.05, 0) is 65.9 Å². The number of pyridine rings is 1. The number of carbonyl (C=O) groups is 1. The van der Waals surface area contributed by atoms with Crippen LogP contribution < -0.4 is 15.4 Å². The normalized spacial score (nSPS) is 12.7. The van der Waals surface area contributed by atoms with Crippen LogP contribution in [0.5, 0.6) is 5.75 Å². The van der Waals surface area contributed by atoms with Crippen LogP contribution in [-0.2, 0) is 12.8 Å². The van der Waals surface area contributed by atoms with Crippen LogP contribution in [0.25, 0.3) is 0 Å². The zero-order chi connectivity index (χ0) is 19.7. The topological polar surface area (TPSA) is 68.4 Å². The second-order valence-electron chi connectivity index (χ2n) is 6.74. The molecule has 0 bridgehead atoms. The van der Waals surface area contributed by atoms with Crippen molar-refractivity contribution in [2.45, 2.75) is 12.8 Å². The summed E-state index contributed by atoms with van der Waals surface area (Å²) >= 11 is 0. The number of amides is 1. The fourth-order valence-electron chi connectivity index (χ4n) is 3.67. The summed E-state index contributed by atoms with van der Waals surface area (Å²) in [6.45, 7) is 0.737. The Bertz CT molecular complexity index is 1050. The van der Waals surface area contributed by atoms with E-state index in [1.165, 1.54) is 13.2 Å². The average Bonchev–Trinajstić information content (AvgIpc) is 3.13. The minimum atomic E-state index is -0.411. The van der Waals surface area contributed by atoms with Gasteiger partial charge in [0, 0.05) is 24.0 Å². The molecule has 1 aliphatic rings. The Morgan fingerprint density at radius 3 is 2.82 bits per heavy atom. The number of nitrogens with zero attached hydrogens (tertiary/aromatic N) is 2. The van der Waals surface area contributed by atoms with Crippen molar-refractivity contribution in [3.8, 4) is 5.75 Å². The van der Waals surface area contributed by atoms with Crippen molar-refractivity contribution in [2.75, 3.05) is 18.6 Å². The molecule has 3 aromatic rings. The molecule has 2 N–H and O–H groups in total. The smallest absolute Gasteiger partial charge is 0.249 e. The third kappa shape index (κ3) is 3.29. The van der Waals surface area contributed by atoms with E-state index >= 15 is 0 Å². The lowest BCUT2D eigenvalue weighted by atomic mass is 10.0. The van der Waals surface area contributed by atoms with E-state index in [2.05, 4.69) is 9.88 Å². The van der Waals surface area contributed by atoms with Crippen LogP contribution in [0.1, 0.15) is 27.0 Å². The van der Waals surface area contributed by atoms with Crippen molar-refractivity contribution in [3.63, 3.8) is 0 Å². The van der Waals surface area contributed by atoms with E-state index in [4.69, 9.17) is 10.5 Å². The second-order valence-corrected chi connectivity index (χ2v) is 6.74. The van der Waals surface area contributed by atoms with Crippen LogP contribution >= 0.6 is 0 Å². The summed E-state index contributed by atoms with van der Waals surface area (Å²) < 4.78 is 18.7. The molecule has 1 amide bonds. The number of benzene rings is 2. The third-order valence-corrected chi connectivity index (χ3v) is 5.00. The second kappa shape index (κ2) is 7.31. The minimum absolute atomic E-state index is 0.235. The summed E-state index contributed by atoms with van der Waals surface area (Å²) in [6, 6.07) is 14.4. The van der Waals surface area contributed by atoms with E-state index < -0.39 is 5.91 Å². The predicted molar refractivity (Wildman–Crippen MR) is 106 cm³/mol. The van der Waals surface area contributed by atoms with Gasteiger partial charge in [-0.25, -0.2) is 9.37 Å². The number of carbonyl (C=O) groups excluding carboxylic acids is 1. The van der Waals surface area contributed by atoms with Crippen LogP contribution in [0.15, 0.2) is 54.7 Å². The van der Waals surface area contributed by atoms with E-state index in [1.807, 2.05) is 24.3 Å². The SMILES string of the molecule is COc1cc(Cc2ccnc(N3CCc4c(C(N)=O)cccc43)c2)ccc1F. The number of methoxy groups -OCH3 is 1. The predicted octanol–water partition coefficient (Wildman–Crippen LogP) is 3.61. The minimum Gasteiger partial charge on any atom is -0.494 e. The highest BCUT2D eigenvalue weighted by molar-refractivity contribution is 5.96. The van der Waals surface area contributed by atoms with Crippen molar-refractivity contribution in [1.29, 1.82) is 0 Å². The van der Waals surface area contributed by atoms with Gasteiger partial charge in [0.2, 0.25) is 5.91 Å². The molecule has 1 aliphatic heterocycles. The first-order valence-corrected chi connectivity index (χ1v) is 9.03. The molecule has 6 heteroatoms. The number of anilines is 2. The van der Waals surface area contributed by atoms with Gasteiger partial charge in [-0.3, -0.25) is 4.79 Å². The molecule has 0 atom stereocenters. The Hall–Kier alpha value is -3.41. The molecular formula is C22H20FN3O2. The Morgan fingerprint density at radius 2 is 2.04 bits per heavy atom. The Labute approximate surface area is 162 Å². The van der Waals surface area contributed by atoms with Gasteiger partial charge in [0.1, 0.15) is 5.82 Å². The zero-order valence-corrected chi connectivity index (χ0v) is 15.5. The van der Waals surface area contributed by atoms with Crippen molar-refractivity contribution < 1.29 is 13.9 Å². The lowest BCUT2D eigenvalue weighted by molar-refractivity contribution is 0.0999. The third-order valence-electron chi connectivity index (χ3n) is 5.00. The van der Waals surface area contributed by atoms with E-state index in [0.29, 0.717) is 12.0 Å². The highest BCUT2D eigenvalue weighted by Gasteiger charge is 2.25. The van der Waals surface area contributed by atoms with E-state index in [-0.39, 0.29) is 11.6 Å². The summed E-state index contributed by atoms with van der Waals surface area (Å²) in [4.78, 5) is 18.3. The number of rotatable bonds is 5. The highest BCUT2D eigenvalue weighted by Crippen LogP contribution is 2.35. The number of primary amides is 1. The van der Waals surface area contributed by atoms with Crippen LogP contribution in [0.2, 0.25) is 0 Å². The first-order valence-electron chi connectivity index (χ1n) is 9.03. The summed E-state index contributed by atoms with van der Waals surface area (Å²) in [7, 11) is 1.46. The fraction of sp³-hybridized carbons (Fsp3) is 0.182. The molecule has 5 nitrogen and oxygen atoms in total. The zero-order valence-electron chi connectivity index (χ0n) is 15.5. The van der Waals surface area contributed by atoms with Gasteiger partial charge < -0.3 is 15.4 Å². The molecule has 1 aromatic heterocycles. The van der Waals surface area contributed by atoms with Gasteiger partial charge >= 0.3 is 0 Å². The lowest BCUT2D eigenvalue weighted by Gasteiger charge is -2.19. The number of fused-ring (bicyclic) bond motifs is 1. The quantitative estimate of drug-likeness (QED) is 0.737. The molecule has 0 radical (unpaired) electrons. The van der Waals surface area contributed by atoms with Crippen LogP contribution in [0.4, 0.5) is 15.9 Å². The Morgan fingerprint density at radius 1 is 1.21 bits per heavy atom. The molecule has 0 spiro atoms. The maximum atomic E-state index is 13.6. The van der Waals surface area contributed by atoms with E-state index in [1.54, 1.807) is 24.4 Å². The van der Waals surface area contributed by atoms with Gasteiger partial charge in [-0.1, -0.05) is 12.1 Å². The number of aromatic nitrogens is 1. The molecule has 2 heterocycles. The number of nitrogens with two attached hydrogens (primary N) is 1. The van der Waals surface area contributed by atoms with E-state index in [0.717, 1.165) is 41.2 Å². The van der Waals surface area contributed by atoms with Gasteiger partial charge in [0.15, 0.2) is 11.6 Å². The highest BCUT2D eigenvalue weighted by atomic mass is 19.1. The first kappa shape index (κ1) is 18.0.